The van der Waals surface area contributed by atoms with Gasteiger partial charge in [0.05, 0.1) is 20.8 Å². The molecule has 36 heavy (non-hydrogen) atoms. The Labute approximate surface area is 212 Å². The first-order valence-electron chi connectivity index (χ1n) is 12.2. The van der Waals surface area contributed by atoms with Crippen molar-refractivity contribution in [1.82, 2.24) is 4.90 Å². The fourth-order valence-corrected chi connectivity index (χ4v) is 6.08. The molecule has 1 unspecified atom stereocenters. The molecular weight excluding hydrogens is 478 g/mol. The van der Waals surface area contributed by atoms with Crippen molar-refractivity contribution in [3.8, 4) is 23.0 Å². The number of rotatable bonds is 8. The van der Waals surface area contributed by atoms with Gasteiger partial charge in [-0.25, -0.2) is 0 Å². The minimum Gasteiger partial charge on any atom is -0.493 e. The van der Waals surface area contributed by atoms with Gasteiger partial charge in [-0.15, -0.1) is 0 Å². The molecule has 5 rings (SSSR count). The van der Waals surface area contributed by atoms with Gasteiger partial charge in [-0.2, -0.15) is 8.42 Å². The van der Waals surface area contributed by atoms with Crippen LogP contribution in [0, 0.1) is 0 Å². The normalized spacial score (nSPS) is 16.9. The number of ether oxygens (including phenoxy) is 3. The van der Waals surface area contributed by atoms with Crippen LogP contribution < -0.4 is 18.4 Å². The highest BCUT2D eigenvalue weighted by Gasteiger charge is 2.36. The predicted octanol–water partition coefficient (Wildman–Crippen LogP) is 4.92. The lowest BCUT2D eigenvalue weighted by atomic mass is 9.83. The van der Waals surface area contributed by atoms with Crippen LogP contribution in [-0.2, 0) is 29.5 Å². The van der Waals surface area contributed by atoms with E-state index in [1.807, 2.05) is 6.07 Å². The maximum Gasteiger partial charge on any atom is 0.339 e. The summed E-state index contributed by atoms with van der Waals surface area (Å²) in [6, 6.07) is 16.4. The topological polar surface area (TPSA) is 74.3 Å². The van der Waals surface area contributed by atoms with Gasteiger partial charge in [0.2, 0.25) is 0 Å². The summed E-state index contributed by atoms with van der Waals surface area (Å²) in [7, 11) is -0.816. The molecule has 8 heteroatoms. The van der Waals surface area contributed by atoms with Gasteiger partial charge in [-0.05, 0) is 66.3 Å². The van der Waals surface area contributed by atoms with Gasteiger partial charge in [0, 0.05) is 24.7 Å². The highest BCUT2D eigenvalue weighted by molar-refractivity contribution is 7.87. The third-order valence-electron chi connectivity index (χ3n) is 6.90. The van der Waals surface area contributed by atoms with E-state index in [9.17, 15) is 8.42 Å². The highest BCUT2D eigenvalue weighted by Crippen LogP contribution is 2.46. The van der Waals surface area contributed by atoms with Crippen LogP contribution in [0.5, 0.6) is 23.0 Å². The summed E-state index contributed by atoms with van der Waals surface area (Å²) >= 11 is 0. The van der Waals surface area contributed by atoms with Gasteiger partial charge in [-0.3, -0.25) is 4.90 Å². The van der Waals surface area contributed by atoms with Gasteiger partial charge >= 0.3 is 10.1 Å². The van der Waals surface area contributed by atoms with Crippen molar-refractivity contribution < 1.29 is 26.8 Å². The number of benzene rings is 3. The lowest BCUT2D eigenvalue weighted by Crippen LogP contribution is -2.39. The maximum absolute atomic E-state index is 13.1. The Morgan fingerprint density at radius 1 is 0.944 bits per heavy atom. The molecule has 0 spiro atoms. The van der Waals surface area contributed by atoms with E-state index in [4.69, 9.17) is 18.4 Å². The predicted molar refractivity (Wildman–Crippen MR) is 137 cm³/mol. The van der Waals surface area contributed by atoms with Crippen molar-refractivity contribution in [2.24, 2.45) is 0 Å². The molecule has 0 aliphatic carbocycles. The number of hydrogen-bond acceptors (Lipinski definition) is 7. The average Bonchev–Trinajstić information content (AvgIpc) is 2.90. The summed E-state index contributed by atoms with van der Waals surface area (Å²) in [5.41, 5.74) is 4.39. The summed E-state index contributed by atoms with van der Waals surface area (Å²) in [6.07, 6.45) is 2.53. The maximum atomic E-state index is 13.1. The second kappa shape index (κ2) is 10.0. The Bertz CT molecular complexity index is 1360. The van der Waals surface area contributed by atoms with Crippen LogP contribution in [0.15, 0.2) is 59.5 Å². The Hall–Kier alpha value is -3.23. The van der Waals surface area contributed by atoms with Gasteiger partial charge < -0.3 is 18.4 Å². The monoisotopic (exact) mass is 509 g/mol. The fourth-order valence-electron chi connectivity index (χ4n) is 5.09. The zero-order valence-electron chi connectivity index (χ0n) is 20.8. The molecule has 0 amide bonds. The lowest BCUT2D eigenvalue weighted by molar-refractivity contribution is 0.158. The highest BCUT2D eigenvalue weighted by atomic mass is 32.2. The quantitative estimate of drug-likeness (QED) is 0.399. The number of hydrogen-bond donors (Lipinski definition) is 0. The third kappa shape index (κ3) is 4.51. The SMILES string of the molecule is CCCOc1cc2c(cc1OC)C1Cc3ccc(OC)c(OS(=O)(=O)c4ccccc4)c3CN1CC2. The van der Waals surface area contributed by atoms with E-state index in [-0.39, 0.29) is 16.7 Å². The second-order valence-corrected chi connectivity index (χ2v) is 10.6. The molecule has 1 atom stereocenters. The van der Waals surface area contributed by atoms with E-state index in [2.05, 4.69) is 24.0 Å². The molecule has 0 N–H and O–H groups in total. The van der Waals surface area contributed by atoms with E-state index < -0.39 is 10.1 Å². The third-order valence-corrected chi connectivity index (χ3v) is 8.13. The van der Waals surface area contributed by atoms with Crippen molar-refractivity contribution >= 4 is 10.1 Å². The first-order chi connectivity index (χ1) is 17.4. The Morgan fingerprint density at radius 3 is 2.44 bits per heavy atom. The molecule has 0 bridgehead atoms. The van der Waals surface area contributed by atoms with E-state index in [0.717, 1.165) is 48.4 Å². The van der Waals surface area contributed by atoms with Crippen molar-refractivity contribution in [3.05, 3.63) is 76.9 Å². The zero-order chi connectivity index (χ0) is 25.3. The van der Waals surface area contributed by atoms with E-state index >= 15 is 0 Å². The molecule has 0 saturated heterocycles. The first-order valence-corrected chi connectivity index (χ1v) is 13.6. The molecule has 0 aromatic heterocycles. The summed E-state index contributed by atoms with van der Waals surface area (Å²) < 4.78 is 49.0. The van der Waals surface area contributed by atoms with E-state index in [0.29, 0.717) is 18.9 Å². The molecule has 2 aliphatic rings. The summed E-state index contributed by atoms with van der Waals surface area (Å²) in [5, 5.41) is 0. The molecule has 3 aromatic rings. The summed E-state index contributed by atoms with van der Waals surface area (Å²) in [4.78, 5) is 2.48. The van der Waals surface area contributed by atoms with Crippen LogP contribution >= 0.6 is 0 Å². The molecule has 190 valence electrons. The molecule has 0 fully saturated rings. The summed E-state index contributed by atoms with van der Waals surface area (Å²) in [5.74, 6) is 2.20. The minimum absolute atomic E-state index is 0.110. The van der Waals surface area contributed by atoms with Gasteiger partial charge in [0.1, 0.15) is 4.90 Å². The van der Waals surface area contributed by atoms with Gasteiger partial charge in [0.25, 0.3) is 0 Å². The fraction of sp³-hybridized carbons (Fsp3) is 0.357. The van der Waals surface area contributed by atoms with Gasteiger partial charge in [-0.1, -0.05) is 31.2 Å². The largest absolute Gasteiger partial charge is 0.493 e. The average molecular weight is 510 g/mol. The van der Waals surface area contributed by atoms with Crippen LogP contribution in [0.1, 0.15) is 41.6 Å². The number of methoxy groups -OCH3 is 2. The molecule has 2 aliphatic heterocycles. The van der Waals surface area contributed by atoms with Crippen LogP contribution in [0.4, 0.5) is 0 Å². The molecule has 3 aromatic carbocycles. The Morgan fingerprint density at radius 2 is 1.72 bits per heavy atom. The standard InChI is InChI=1S/C28H31NO6S/c1-4-14-34-27-16-20-12-13-29-18-23-19(15-24(29)22(20)17-26(27)33-3)10-11-25(32-2)28(23)35-36(30,31)21-8-6-5-7-9-21/h5-11,16-17,24H,4,12-15,18H2,1-3H3. The Kier molecular flexibility index (Phi) is 6.81. The van der Waals surface area contributed by atoms with Crippen LogP contribution in [0.3, 0.4) is 0 Å². The minimum atomic E-state index is -4.01. The van der Waals surface area contributed by atoms with Crippen molar-refractivity contribution in [2.75, 3.05) is 27.4 Å². The molecule has 2 heterocycles. The van der Waals surface area contributed by atoms with Crippen molar-refractivity contribution in [3.63, 3.8) is 0 Å². The van der Waals surface area contributed by atoms with Gasteiger partial charge in [0.15, 0.2) is 23.0 Å². The first kappa shape index (κ1) is 24.5. The number of fused-ring (bicyclic) bond motifs is 4. The molecular formula is C28H31NO6S. The van der Waals surface area contributed by atoms with Crippen LogP contribution in [0.25, 0.3) is 0 Å². The summed E-state index contributed by atoms with van der Waals surface area (Å²) in [6.45, 7) is 4.14. The van der Waals surface area contributed by atoms with Crippen LogP contribution in [0.2, 0.25) is 0 Å². The Balaban J connectivity index is 1.51. The second-order valence-electron chi connectivity index (χ2n) is 9.08. The molecule has 0 saturated carbocycles. The van der Waals surface area contributed by atoms with Crippen molar-refractivity contribution in [2.45, 2.75) is 43.7 Å². The number of nitrogens with zero attached hydrogens (tertiary/aromatic N) is 1. The smallest absolute Gasteiger partial charge is 0.339 e. The van der Waals surface area contributed by atoms with E-state index in [1.165, 1.54) is 30.4 Å². The zero-order valence-corrected chi connectivity index (χ0v) is 21.6. The van der Waals surface area contributed by atoms with Crippen molar-refractivity contribution in [1.29, 1.82) is 0 Å². The van der Waals surface area contributed by atoms with E-state index in [1.54, 1.807) is 31.4 Å². The molecule has 0 radical (unpaired) electrons. The lowest BCUT2D eigenvalue weighted by Gasteiger charge is -2.42. The molecule has 7 nitrogen and oxygen atoms in total. The van der Waals surface area contributed by atoms with Crippen LogP contribution in [-0.4, -0.2) is 40.7 Å².